The number of pyridine rings is 1. The molecule has 0 spiro atoms. The van der Waals surface area contributed by atoms with Crippen molar-refractivity contribution in [1.29, 1.82) is 0 Å². The Morgan fingerprint density at radius 3 is 2.61 bits per heavy atom. The van der Waals surface area contributed by atoms with Gasteiger partial charge in [-0.05, 0) is 37.2 Å². The Labute approximate surface area is 137 Å². The number of aryl methyl sites for hydroxylation is 1. The van der Waals surface area contributed by atoms with Crippen molar-refractivity contribution in [3.8, 4) is 11.4 Å². The maximum atomic E-state index is 14.3. The van der Waals surface area contributed by atoms with Gasteiger partial charge in [0.2, 0.25) is 0 Å². The van der Waals surface area contributed by atoms with Gasteiger partial charge in [0.1, 0.15) is 11.4 Å². The lowest BCUT2D eigenvalue weighted by Gasteiger charge is -2.08. The van der Waals surface area contributed by atoms with E-state index in [-0.39, 0.29) is 5.03 Å². The predicted octanol–water partition coefficient (Wildman–Crippen LogP) is 3.00. The standard InChI is InChI=1S/C15H15FN6S/c1-3-11-12(16)14(19-9-18-11)23-15-21-20-13(22(15)4-2)10-5-7-17-8-6-10/h5-9H,3-4H2,1-2H3. The van der Waals surface area contributed by atoms with Crippen LogP contribution < -0.4 is 0 Å². The topological polar surface area (TPSA) is 69.4 Å². The minimum atomic E-state index is -0.392. The van der Waals surface area contributed by atoms with Crippen LogP contribution in [-0.2, 0) is 13.0 Å². The molecule has 3 rings (SSSR count). The quantitative estimate of drug-likeness (QED) is 0.670. The summed E-state index contributed by atoms with van der Waals surface area (Å²) in [6.07, 6.45) is 5.30. The lowest BCUT2D eigenvalue weighted by atomic mass is 10.2. The van der Waals surface area contributed by atoms with E-state index in [2.05, 4.69) is 25.1 Å². The third-order valence-corrected chi connectivity index (χ3v) is 4.29. The Kier molecular flexibility index (Phi) is 4.61. The molecule has 3 aromatic heterocycles. The van der Waals surface area contributed by atoms with Crippen LogP contribution in [0.1, 0.15) is 19.5 Å². The van der Waals surface area contributed by atoms with Crippen molar-refractivity contribution in [2.45, 2.75) is 37.0 Å². The van der Waals surface area contributed by atoms with Gasteiger partial charge in [-0.25, -0.2) is 14.4 Å². The van der Waals surface area contributed by atoms with E-state index < -0.39 is 5.82 Å². The van der Waals surface area contributed by atoms with Gasteiger partial charge in [0.25, 0.3) is 0 Å². The lowest BCUT2D eigenvalue weighted by molar-refractivity contribution is 0.558. The van der Waals surface area contributed by atoms with Crippen LogP contribution in [0.25, 0.3) is 11.4 Å². The first-order chi connectivity index (χ1) is 11.2. The fraction of sp³-hybridized carbons (Fsp3) is 0.267. The zero-order valence-electron chi connectivity index (χ0n) is 12.8. The number of hydrogen-bond donors (Lipinski definition) is 0. The van der Waals surface area contributed by atoms with E-state index in [0.29, 0.717) is 23.8 Å². The Morgan fingerprint density at radius 1 is 1.13 bits per heavy atom. The largest absolute Gasteiger partial charge is 0.302 e. The molecule has 0 aliphatic heterocycles. The minimum absolute atomic E-state index is 0.264. The van der Waals surface area contributed by atoms with E-state index in [1.165, 1.54) is 6.33 Å². The monoisotopic (exact) mass is 330 g/mol. The molecule has 8 heteroatoms. The second kappa shape index (κ2) is 6.82. The maximum Gasteiger partial charge on any atom is 0.197 e. The van der Waals surface area contributed by atoms with Crippen LogP contribution in [0.5, 0.6) is 0 Å². The van der Waals surface area contributed by atoms with Crippen molar-refractivity contribution in [2.75, 3.05) is 0 Å². The molecule has 0 saturated heterocycles. The average molecular weight is 330 g/mol. The number of halogens is 1. The van der Waals surface area contributed by atoms with Crippen LogP contribution in [0.3, 0.4) is 0 Å². The lowest BCUT2D eigenvalue weighted by Crippen LogP contribution is -2.02. The molecular formula is C15H15FN6S. The summed E-state index contributed by atoms with van der Waals surface area (Å²) in [6.45, 7) is 4.52. The zero-order valence-corrected chi connectivity index (χ0v) is 13.6. The first-order valence-corrected chi connectivity index (χ1v) is 8.07. The van der Waals surface area contributed by atoms with E-state index in [4.69, 9.17) is 0 Å². The smallest absolute Gasteiger partial charge is 0.197 e. The van der Waals surface area contributed by atoms with Gasteiger partial charge in [0.15, 0.2) is 16.8 Å². The molecule has 0 radical (unpaired) electrons. The first-order valence-electron chi connectivity index (χ1n) is 7.25. The Morgan fingerprint density at radius 2 is 1.91 bits per heavy atom. The van der Waals surface area contributed by atoms with E-state index in [1.54, 1.807) is 12.4 Å². The van der Waals surface area contributed by atoms with Crippen molar-refractivity contribution in [2.24, 2.45) is 0 Å². The van der Waals surface area contributed by atoms with Gasteiger partial charge in [-0.15, -0.1) is 10.2 Å². The summed E-state index contributed by atoms with van der Waals surface area (Å²) >= 11 is 1.16. The summed E-state index contributed by atoms with van der Waals surface area (Å²) in [5, 5.41) is 9.27. The summed E-state index contributed by atoms with van der Waals surface area (Å²) in [5.74, 6) is 0.332. The molecule has 6 nitrogen and oxygen atoms in total. The molecule has 0 aliphatic carbocycles. The van der Waals surface area contributed by atoms with Gasteiger partial charge >= 0.3 is 0 Å². The van der Waals surface area contributed by atoms with Gasteiger partial charge in [-0.3, -0.25) is 4.98 Å². The van der Waals surface area contributed by atoms with Crippen molar-refractivity contribution in [1.82, 2.24) is 29.7 Å². The maximum absolute atomic E-state index is 14.3. The molecule has 3 aromatic rings. The van der Waals surface area contributed by atoms with Gasteiger partial charge in [-0.2, -0.15) is 0 Å². The second-order valence-electron chi connectivity index (χ2n) is 4.68. The molecule has 0 unspecified atom stereocenters. The summed E-state index contributed by atoms with van der Waals surface area (Å²) in [5.41, 5.74) is 1.32. The van der Waals surface area contributed by atoms with Crippen LogP contribution in [0.4, 0.5) is 4.39 Å². The molecule has 0 aliphatic rings. The molecule has 3 heterocycles. The average Bonchev–Trinajstić information content (AvgIpc) is 3.00. The van der Waals surface area contributed by atoms with Gasteiger partial charge in [-0.1, -0.05) is 6.92 Å². The highest BCUT2D eigenvalue weighted by Crippen LogP contribution is 2.30. The molecule has 0 atom stereocenters. The van der Waals surface area contributed by atoms with Gasteiger partial charge in [0.05, 0.1) is 5.69 Å². The van der Waals surface area contributed by atoms with Crippen molar-refractivity contribution in [3.63, 3.8) is 0 Å². The highest BCUT2D eigenvalue weighted by Gasteiger charge is 2.17. The van der Waals surface area contributed by atoms with Crippen LogP contribution in [-0.4, -0.2) is 29.7 Å². The fourth-order valence-electron chi connectivity index (χ4n) is 2.16. The molecule has 23 heavy (non-hydrogen) atoms. The molecule has 0 amide bonds. The molecular weight excluding hydrogens is 315 g/mol. The van der Waals surface area contributed by atoms with Gasteiger partial charge in [0, 0.05) is 24.5 Å². The number of nitrogens with zero attached hydrogens (tertiary/aromatic N) is 6. The number of hydrogen-bond acceptors (Lipinski definition) is 6. The Hall–Kier alpha value is -2.35. The van der Waals surface area contributed by atoms with Crippen molar-refractivity contribution in [3.05, 3.63) is 42.4 Å². The molecule has 118 valence electrons. The molecule has 0 fully saturated rings. The summed E-state index contributed by atoms with van der Waals surface area (Å²) < 4.78 is 16.2. The summed E-state index contributed by atoms with van der Waals surface area (Å²) in [4.78, 5) is 12.0. The van der Waals surface area contributed by atoms with Crippen LogP contribution in [0.15, 0.2) is 41.0 Å². The molecule has 0 N–H and O–H groups in total. The van der Waals surface area contributed by atoms with Gasteiger partial charge < -0.3 is 4.57 Å². The van der Waals surface area contributed by atoms with Crippen LogP contribution in [0, 0.1) is 5.82 Å². The SMILES string of the molecule is CCc1ncnc(Sc2nnc(-c3ccncc3)n2CC)c1F. The Balaban J connectivity index is 1.97. The minimum Gasteiger partial charge on any atom is -0.302 e. The molecule has 0 bridgehead atoms. The van der Waals surface area contributed by atoms with E-state index in [9.17, 15) is 4.39 Å². The second-order valence-corrected chi connectivity index (χ2v) is 5.64. The molecule has 0 saturated carbocycles. The fourth-order valence-corrected chi connectivity index (χ4v) is 3.04. The third-order valence-electron chi connectivity index (χ3n) is 3.32. The normalized spacial score (nSPS) is 10.9. The van der Waals surface area contributed by atoms with Crippen molar-refractivity contribution < 1.29 is 4.39 Å². The summed E-state index contributed by atoms with van der Waals surface area (Å²) in [6, 6.07) is 3.73. The van der Waals surface area contributed by atoms with Crippen molar-refractivity contribution >= 4 is 11.8 Å². The number of aromatic nitrogens is 6. The number of rotatable bonds is 5. The van der Waals surface area contributed by atoms with Crippen LogP contribution >= 0.6 is 11.8 Å². The van der Waals surface area contributed by atoms with Crippen LogP contribution in [0.2, 0.25) is 0 Å². The Bertz CT molecular complexity index is 805. The first kappa shape index (κ1) is 15.5. The molecule has 0 aromatic carbocycles. The highest BCUT2D eigenvalue weighted by atomic mass is 32.2. The highest BCUT2D eigenvalue weighted by molar-refractivity contribution is 7.99. The van der Waals surface area contributed by atoms with E-state index in [1.807, 2.05) is 30.5 Å². The zero-order chi connectivity index (χ0) is 16.2. The van der Waals surface area contributed by atoms with E-state index in [0.717, 1.165) is 23.1 Å². The third kappa shape index (κ3) is 3.07. The summed E-state index contributed by atoms with van der Waals surface area (Å²) in [7, 11) is 0. The van der Waals surface area contributed by atoms with E-state index >= 15 is 0 Å². The predicted molar refractivity (Wildman–Crippen MR) is 84.4 cm³/mol.